The lowest BCUT2D eigenvalue weighted by molar-refractivity contribution is 0.0600. The number of carbonyl (C=O) groups excluding carboxylic acids is 1. The normalized spacial score (nSPS) is 10.7. The Bertz CT molecular complexity index is 778. The summed E-state index contributed by atoms with van der Waals surface area (Å²) in [6, 6.07) is 5.27. The number of pyridine rings is 1. The summed E-state index contributed by atoms with van der Waals surface area (Å²) in [4.78, 5) is 12.5. The Balaban J connectivity index is 2.13. The molecule has 0 bridgehead atoms. The lowest BCUT2D eigenvalue weighted by atomic mass is 10.3. The van der Waals surface area contributed by atoms with E-state index >= 15 is 0 Å². The van der Waals surface area contributed by atoms with Crippen molar-refractivity contribution in [2.45, 2.75) is 0 Å². The van der Waals surface area contributed by atoms with Gasteiger partial charge in [-0.2, -0.15) is 0 Å². The predicted octanol–water partition coefficient (Wildman–Crippen LogP) is 2.25. The zero-order chi connectivity index (χ0) is 14.1. The van der Waals surface area contributed by atoms with Crippen LogP contribution < -0.4 is 4.74 Å². The van der Waals surface area contributed by atoms with Crippen molar-refractivity contribution < 1.29 is 14.3 Å². The molecule has 0 radical (unpaired) electrons. The highest BCUT2D eigenvalue weighted by Gasteiger charge is 2.13. The third kappa shape index (κ3) is 2.01. The minimum atomic E-state index is -0.393. The quantitative estimate of drug-likeness (QED) is 0.692. The van der Waals surface area contributed by atoms with Crippen LogP contribution in [-0.4, -0.2) is 34.8 Å². The van der Waals surface area contributed by atoms with Gasteiger partial charge in [-0.3, -0.25) is 4.40 Å². The van der Waals surface area contributed by atoms with Crippen molar-refractivity contribution in [2.24, 2.45) is 0 Å². The maximum Gasteiger partial charge on any atom is 0.339 e. The largest absolute Gasteiger partial charge is 0.496 e. The fraction of sp³-hybridized carbons (Fsp3) is 0.154. The molecule has 0 fully saturated rings. The predicted molar refractivity (Wildman–Crippen MR) is 74.2 cm³/mol. The smallest absolute Gasteiger partial charge is 0.339 e. The van der Waals surface area contributed by atoms with Crippen molar-refractivity contribution in [1.29, 1.82) is 0 Å². The van der Waals surface area contributed by atoms with E-state index in [0.717, 1.165) is 10.6 Å². The number of esters is 1. The average molecular weight is 289 g/mol. The zero-order valence-corrected chi connectivity index (χ0v) is 11.7. The summed E-state index contributed by atoms with van der Waals surface area (Å²) in [5, 5.41) is 10.1. The van der Waals surface area contributed by atoms with Gasteiger partial charge in [0, 0.05) is 17.6 Å². The van der Waals surface area contributed by atoms with E-state index in [9.17, 15) is 4.79 Å². The molecular weight excluding hydrogens is 278 g/mol. The molecule has 0 atom stereocenters. The van der Waals surface area contributed by atoms with E-state index in [4.69, 9.17) is 9.47 Å². The molecule has 0 aliphatic heterocycles. The van der Waals surface area contributed by atoms with Crippen molar-refractivity contribution in [3.8, 4) is 16.5 Å². The number of ether oxygens (including phenoxy) is 2. The van der Waals surface area contributed by atoms with Crippen molar-refractivity contribution >= 4 is 23.0 Å². The number of aromatic nitrogens is 3. The number of carbonyl (C=O) groups is 1. The first-order chi connectivity index (χ1) is 9.72. The van der Waals surface area contributed by atoms with Gasteiger partial charge in [-0.25, -0.2) is 4.79 Å². The monoisotopic (exact) mass is 289 g/mol. The molecule has 0 saturated heterocycles. The first-order valence-corrected chi connectivity index (χ1v) is 6.67. The van der Waals surface area contributed by atoms with E-state index in [1.807, 2.05) is 11.4 Å². The van der Waals surface area contributed by atoms with Crippen LogP contribution in [-0.2, 0) is 4.74 Å². The summed E-state index contributed by atoms with van der Waals surface area (Å²) < 4.78 is 11.6. The molecule has 0 aliphatic rings. The van der Waals surface area contributed by atoms with Crippen LogP contribution in [0.1, 0.15) is 10.4 Å². The molecule has 3 aromatic rings. The maximum atomic E-state index is 11.6. The molecule has 3 aromatic heterocycles. The lowest BCUT2D eigenvalue weighted by Crippen LogP contribution is -2.03. The van der Waals surface area contributed by atoms with Crippen LogP contribution in [0, 0.1) is 0 Å². The molecule has 0 saturated carbocycles. The molecule has 7 heteroatoms. The van der Waals surface area contributed by atoms with Crippen molar-refractivity contribution in [2.75, 3.05) is 14.2 Å². The van der Waals surface area contributed by atoms with Crippen LogP contribution in [0.3, 0.4) is 0 Å². The van der Waals surface area contributed by atoms with Gasteiger partial charge in [0.05, 0.1) is 24.7 Å². The number of nitrogens with zero attached hydrogens (tertiary/aromatic N) is 3. The lowest BCUT2D eigenvalue weighted by Gasteiger charge is -2.01. The van der Waals surface area contributed by atoms with E-state index in [-0.39, 0.29) is 0 Å². The van der Waals surface area contributed by atoms with Crippen LogP contribution in [0.2, 0.25) is 0 Å². The molecule has 102 valence electrons. The highest BCUT2D eigenvalue weighted by Crippen LogP contribution is 2.30. The van der Waals surface area contributed by atoms with Crippen LogP contribution in [0.5, 0.6) is 5.75 Å². The van der Waals surface area contributed by atoms with E-state index in [2.05, 4.69) is 10.2 Å². The SMILES string of the molecule is COC(=O)c1ccc2nnc(-c3cc(OC)cs3)n2c1. The Hall–Kier alpha value is -2.41. The summed E-state index contributed by atoms with van der Waals surface area (Å²) in [6.45, 7) is 0. The summed E-state index contributed by atoms with van der Waals surface area (Å²) in [6.07, 6.45) is 1.67. The Morgan fingerprint density at radius 1 is 1.30 bits per heavy atom. The van der Waals surface area contributed by atoms with Crippen LogP contribution >= 0.6 is 11.3 Å². The fourth-order valence-corrected chi connectivity index (χ4v) is 2.68. The van der Waals surface area contributed by atoms with Gasteiger partial charge in [-0.1, -0.05) is 0 Å². The first-order valence-electron chi connectivity index (χ1n) is 5.79. The number of hydrogen-bond donors (Lipinski definition) is 0. The molecule has 3 heterocycles. The Labute approximate surface area is 118 Å². The number of methoxy groups -OCH3 is 2. The minimum absolute atomic E-state index is 0.393. The third-order valence-electron chi connectivity index (χ3n) is 2.85. The van der Waals surface area contributed by atoms with Crippen molar-refractivity contribution in [3.63, 3.8) is 0 Å². The Morgan fingerprint density at radius 3 is 2.85 bits per heavy atom. The Kier molecular flexibility index (Phi) is 3.11. The fourth-order valence-electron chi connectivity index (χ4n) is 1.84. The third-order valence-corrected chi connectivity index (χ3v) is 3.76. The second kappa shape index (κ2) is 4.93. The van der Waals surface area contributed by atoms with E-state index in [1.54, 1.807) is 29.8 Å². The number of rotatable bonds is 3. The molecular formula is C13H11N3O3S. The van der Waals surface area contributed by atoms with Crippen LogP contribution in [0.15, 0.2) is 29.8 Å². The standard InChI is InChI=1S/C13H11N3O3S/c1-18-9-5-10(20-7-9)12-15-14-11-4-3-8(6-16(11)12)13(17)19-2/h3-7H,1-2H3. The number of hydrogen-bond acceptors (Lipinski definition) is 6. The summed E-state index contributed by atoms with van der Waals surface area (Å²) in [7, 11) is 2.97. The molecule has 6 nitrogen and oxygen atoms in total. The molecule has 0 N–H and O–H groups in total. The minimum Gasteiger partial charge on any atom is -0.496 e. The summed E-state index contributed by atoms with van der Waals surface area (Å²) in [5.74, 6) is 1.04. The molecule has 0 amide bonds. The highest BCUT2D eigenvalue weighted by molar-refractivity contribution is 7.13. The molecule has 3 rings (SSSR count). The molecule has 0 aromatic carbocycles. The van der Waals surface area contributed by atoms with Crippen LogP contribution in [0.4, 0.5) is 0 Å². The first kappa shape index (κ1) is 12.6. The summed E-state index contributed by atoms with van der Waals surface area (Å²) in [5.41, 5.74) is 1.12. The maximum absolute atomic E-state index is 11.6. The van der Waals surface area contributed by atoms with Gasteiger partial charge in [0.15, 0.2) is 11.5 Å². The van der Waals surface area contributed by atoms with E-state index < -0.39 is 5.97 Å². The second-order valence-electron chi connectivity index (χ2n) is 4.01. The van der Waals surface area contributed by atoms with Gasteiger partial charge >= 0.3 is 5.97 Å². The molecule has 20 heavy (non-hydrogen) atoms. The van der Waals surface area contributed by atoms with Gasteiger partial charge < -0.3 is 9.47 Å². The van der Waals surface area contributed by atoms with Gasteiger partial charge in [0.25, 0.3) is 0 Å². The zero-order valence-electron chi connectivity index (χ0n) is 10.9. The van der Waals surface area contributed by atoms with E-state index in [0.29, 0.717) is 17.0 Å². The van der Waals surface area contributed by atoms with E-state index in [1.165, 1.54) is 18.4 Å². The van der Waals surface area contributed by atoms with Crippen molar-refractivity contribution in [1.82, 2.24) is 14.6 Å². The number of fused-ring (bicyclic) bond motifs is 1. The van der Waals surface area contributed by atoms with Gasteiger partial charge in [0.1, 0.15) is 5.75 Å². The highest BCUT2D eigenvalue weighted by atomic mass is 32.1. The average Bonchev–Trinajstić information content (AvgIpc) is 3.11. The molecule has 0 aliphatic carbocycles. The Morgan fingerprint density at radius 2 is 2.15 bits per heavy atom. The molecule has 0 unspecified atom stereocenters. The van der Waals surface area contributed by atoms with Gasteiger partial charge in [0.2, 0.25) is 0 Å². The molecule has 0 spiro atoms. The van der Waals surface area contributed by atoms with Gasteiger partial charge in [-0.15, -0.1) is 21.5 Å². The van der Waals surface area contributed by atoms with Gasteiger partial charge in [-0.05, 0) is 12.1 Å². The van der Waals surface area contributed by atoms with Crippen molar-refractivity contribution in [3.05, 3.63) is 35.3 Å². The topological polar surface area (TPSA) is 65.7 Å². The second-order valence-corrected chi connectivity index (χ2v) is 4.92. The number of thiophene rings is 1. The van der Waals surface area contributed by atoms with Crippen LogP contribution in [0.25, 0.3) is 16.3 Å². The summed E-state index contributed by atoms with van der Waals surface area (Å²) >= 11 is 1.50.